The van der Waals surface area contributed by atoms with Gasteiger partial charge in [-0.15, -0.1) is 0 Å². The molecule has 0 heterocycles. The van der Waals surface area contributed by atoms with Gasteiger partial charge in [0.25, 0.3) is 5.91 Å². The molecule has 5 nitrogen and oxygen atoms in total. The smallest absolute Gasteiger partial charge is 0.338 e. The predicted molar refractivity (Wildman–Crippen MR) is 108 cm³/mol. The number of nitrogens with one attached hydrogen (secondary N) is 1. The Bertz CT molecular complexity index is 941. The monoisotopic (exact) mass is 395 g/mol. The van der Waals surface area contributed by atoms with Gasteiger partial charge >= 0.3 is 5.97 Å². The zero-order valence-electron chi connectivity index (χ0n) is 15.1. The molecular formula is C22H18ClNO4. The number of amides is 1. The number of carbonyl (C=O) groups excluding carboxylic acids is 2. The van der Waals surface area contributed by atoms with Crippen LogP contribution in [0.15, 0.2) is 78.9 Å². The summed E-state index contributed by atoms with van der Waals surface area (Å²) in [5, 5.41) is 3.22. The van der Waals surface area contributed by atoms with Crippen LogP contribution in [0, 0.1) is 0 Å². The van der Waals surface area contributed by atoms with E-state index in [4.69, 9.17) is 21.1 Å². The maximum atomic E-state index is 12.3. The highest BCUT2D eigenvalue weighted by Crippen LogP contribution is 2.22. The molecule has 0 fully saturated rings. The van der Waals surface area contributed by atoms with Crippen LogP contribution in [0.4, 0.5) is 5.69 Å². The second-order valence-corrected chi connectivity index (χ2v) is 6.42. The van der Waals surface area contributed by atoms with E-state index in [1.807, 2.05) is 30.3 Å². The van der Waals surface area contributed by atoms with Gasteiger partial charge in [0.15, 0.2) is 6.10 Å². The van der Waals surface area contributed by atoms with E-state index >= 15 is 0 Å². The van der Waals surface area contributed by atoms with Crippen molar-refractivity contribution in [1.29, 1.82) is 0 Å². The van der Waals surface area contributed by atoms with E-state index in [1.54, 1.807) is 48.5 Å². The van der Waals surface area contributed by atoms with Crippen molar-refractivity contribution >= 4 is 29.2 Å². The first-order chi connectivity index (χ1) is 13.5. The van der Waals surface area contributed by atoms with Crippen LogP contribution in [-0.2, 0) is 9.53 Å². The van der Waals surface area contributed by atoms with Gasteiger partial charge in [-0.2, -0.15) is 0 Å². The van der Waals surface area contributed by atoms with Crippen LogP contribution >= 0.6 is 11.6 Å². The molecule has 1 amide bonds. The third-order valence-electron chi connectivity index (χ3n) is 3.83. The van der Waals surface area contributed by atoms with Crippen LogP contribution in [0.2, 0.25) is 5.02 Å². The van der Waals surface area contributed by atoms with Crippen LogP contribution in [-0.4, -0.2) is 18.0 Å². The maximum Gasteiger partial charge on any atom is 0.338 e. The molecule has 1 N–H and O–H groups in total. The van der Waals surface area contributed by atoms with Gasteiger partial charge in [-0.25, -0.2) is 4.79 Å². The van der Waals surface area contributed by atoms with Crippen LogP contribution in [0.25, 0.3) is 0 Å². The second kappa shape index (κ2) is 9.06. The molecule has 3 aromatic rings. The van der Waals surface area contributed by atoms with Gasteiger partial charge in [-0.3, -0.25) is 4.79 Å². The highest BCUT2D eigenvalue weighted by Gasteiger charge is 2.19. The minimum absolute atomic E-state index is 0.325. The molecule has 0 unspecified atom stereocenters. The number of carbonyl (C=O) groups is 2. The zero-order chi connectivity index (χ0) is 19.9. The van der Waals surface area contributed by atoms with E-state index in [0.717, 1.165) is 5.75 Å². The van der Waals surface area contributed by atoms with Gasteiger partial charge in [-0.1, -0.05) is 29.8 Å². The quantitative estimate of drug-likeness (QED) is 0.574. The SMILES string of the molecule is C[C@H](OC(=O)c1ccc(Cl)cc1)C(=O)Nc1ccc(Oc2ccccc2)cc1. The molecule has 6 heteroatoms. The van der Waals surface area contributed by atoms with Gasteiger partial charge in [0.2, 0.25) is 0 Å². The van der Waals surface area contributed by atoms with Crippen molar-refractivity contribution in [3.8, 4) is 11.5 Å². The Morgan fingerprint density at radius 1 is 0.857 bits per heavy atom. The highest BCUT2D eigenvalue weighted by molar-refractivity contribution is 6.30. The summed E-state index contributed by atoms with van der Waals surface area (Å²) in [6, 6.07) is 22.6. The number of benzene rings is 3. The van der Waals surface area contributed by atoms with E-state index in [2.05, 4.69) is 5.32 Å². The number of rotatable bonds is 6. The van der Waals surface area contributed by atoms with Crippen LogP contribution in [0.3, 0.4) is 0 Å². The normalized spacial score (nSPS) is 11.4. The first-order valence-electron chi connectivity index (χ1n) is 8.61. The van der Waals surface area contributed by atoms with Crippen molar-refractivity contribution < 1.29 is 19.1 Å². The largest absolute Gasteiger partial charge is 0.457 e. The lowest BCUT2D eigenvalue weighted by Gasteiger charge is -2.14. The van der Waals surface area contributed by atoms with Crippen LogP contribution < -0.4 is 10.1 Å². The Balaban J connectivity index is 1.54. The molecule has 28 heavy (non-hydrogen) atoms. The Kier molecular flexibility index (Phi) is 6.29. The minimum Gasteiger partial charge on any atom is -0.457 e. The number of anilines is 1. The first kappa shape index (κ1) is 19.5. The molecular weight excluding hydrogens is 378 g/mol. The number of esters is 1. The summed E-state index contributed by atoms with van der Waals surface area (Å²) in [7, 11) is 0. The van der Waals surface area contributed by atoms with E-state index in [1.165, 1.54) is 6.92 Å². The summed E-state index contributed by atoms with van der Waals surface area (Å²) < 4.78 is 10.9. The van der Waals surface area contributed by atoms with E-state index in [-0.39, 0.29) is 0 Å². The van der Waals surface area contributed by atoms with Gasteiger partial charge < -0.3 is 14.8 Å². The second-order valence-electron chi connectivity index (χ2n) is 5.98. The molecule has 0 saturated carbocycles. The lowest BCUT2D eigenvalue weighted by molar-refractivity contribution is -0.123. The predicted octanol–water partition coefficient (Wildman–Crippen LogP) is 5.32. The van der Waals surface area contributed by atoms with E-state index in [0.29, 0.717) is 22.0 Å². The van der Waals surface area contributed by atoms with Gasteiger partial charge in [0, 0.05) is 10.7 Å². The Hall–Kier alpha value is -3.31. The molecule has 0 aliphatic carbocycles. The summed E-state index contributed by atoms with van der Waals surface area (Å²) in [6.45, 7) is 1.51. The molecule has 0 radical (unpaired) electrons. The molecule has 3 aromatic carbocycles. The number of para-hydroxylation sites is 1. The number of ether oxygens (including phenoxy) is 2. The lowest BCUT2D eigenvalue weighted by Crippen LogP contribution is -2.29. The summed E-state index contributed by atoms with van der Waals surface area (Å²) in [6.07, 6.45) is -0.955. The third kappa shape index (κ3) is 5.34. The van der Waals surface area contributed by atoms with E-state index < -0.39 is 18.0 Å². The number of hydrogen-bond acceptors (Lipinski definition) is 4. The molecule has 0 spiro atoms. The van der Waals surface area contributed by atoms with Crippen LogP contribution in [0.1, 0.15) is 17.3 Å². The molecule has 1 atom stereocenters. The molecule has 0 saturated heterocycles. The fraction of sp³-hybridized carbons (Fsp3) is 0.0909. The Labute approximate surface area is 167 Å². The molecule has 0 bridgehead atoms. The molecule has 142 valence electrons. The summed E-state index contributed by atoms with van der Waals surface area (Å²) in [5.74, 6) is 0.346. The summed E-state index contributed by atoms with van der Waals surface area (Å²) in [5.41, 5.74) is 0.895. The molecule has 0 aromatic heterocycles. The molecule has 3 rings (SSSR count). The fourth-order valence-electron chi connectivity index (χ4n) is 2.34. The lowest BCUT2D eigenvalue weighted by atomic mass is 10.2. The van der Waals surface area contributed by atoms with Gasteiger partial charge in [0.05, 0.1) is 5.56 Å². The number of hydrogen-bond donors (Lipinski definition) is 1. The van der Waals surface area contributed by atoms with Crippen molar-refractivity contribution in [2.24, 2.45) is 0 Å². The summed E-state index contributed by atoms with van der Waals surface area (Å²) >= 11 is 5.79. The Morgan fingerprint density at radius 3 is 2.11 bits per heavy atom. The fourth-order valence-corrected chi connectivity index (χ4v) is 2.47. The van der Waals surface area contributed by atoms with Crippen LogP contribution in [0.5, 0.6) is 11.5 Å². The number of halogens is 1. The Morgan fingerprint density at radius 2 is 1.46 bits per heavy atom. The summed E-state index contributed by atoms with van der Waals surface area (Å²) in [4.78, 5) is 24.3. The minimum atomic E-state index is -0.955. The van der Waals surface area contributed by atoms with Crippen molar-refractivity contribution in [2.75, 3.05) is 5.32 Å². The topological polar surface area (TPSA) is 64.6 Å². The molecule has 0 aliphatic heterocycles. The van der Waals surface area contributed by atoms with Crippen molar-refractivity contribution in [1.82, 2.24) is 0 Å². The van der Waals surface area contributed by atoms with Crippen molar-refractivity contribution in [3.05, 3.63) is 89.4 Å². The zero-order valence-corrected chi connectivity index (χ0v) is 15.8. The van der Waals surface area contributed by atoms with Crippen molar-refractivity contribution in [3.63, 3.8) is 0 Å². The average molecular weight is 396 g/mol. The molecule has 0 aliphatic rings. The first-order valence-corrected chi connectivity index (χ1v) is 8.99. The standard InChI is InChI=1S/C22H18ClNO4/c1-15(27-22(26)16-7-9-17(23)10-8-16)21(25)24-18-11-13-20(14-12-18)28-19-5-3-2-4-6-19/h2-15H,1H3,(H,24,25)/t15-/m0/s1. The maximum absolute atomic E-state index is 12.3. The van der Waals surface area contributed by atoms with Gasteiger partial charge in [0.1, 0.15) is 11.5 Å². The van der Waals surface area contributed by atoms with Gasteiger partial charge in [-0.05, 0) is 67.6 Å². The average Bonchev–Trinajstić information content (AvgIpc) is 2.70. The third-order valence-corrected chi connectivity index (χ3v) is 4.09. The van der Waals surface area contributed by atoms with E-state index in [9.17, 15) is 9.59 Å². The highest BCUT2D eigenvalue weighted by atomic mass is 35.5. The van der Waals surface area contributed by atoms with Crippen molar-refractivity contribution in [2.45, 2.75) is 13.0 Å².